The predicted octanol–water partition coefficient (Wildman–Crippen LogP) is 4.64. The number of anilines is 1. The molecule has 3 aromatic carbocycles. The molecule has 3 aromatic rings. The molecule has 4 rings (SSSR count). The number of hydrogen-bond acceptors (Lipinski definition) is 5. The van der Waals surface area contributed by atoms with E-state index in [1.165, 1.54) is 19.1 Å². The van der Waals surface area contributed by atoms with Gasteiger partial charge in [0.1, 0.15) is 5.76 Å². The Hall–Kier alpha value is -4.06. The summed E-state index contributed by atoms with van der Waals surface area (Å²) in [6.45, 7) is 1.91. The molecule has 0 unspecified atom stereocenters. The van der Waals surface area contributed by atoms with Crippen molar-refractivity contribution in [2.24, 2.45) is 0 Å². The largest absolute Gasteiger partial charge is 0.507 e. The molecule has 1 atom stereocenters. The fraction of sp³-hybridized carbons (Fsp3) is 0.154. The molecule has 1 aliphatic rings. The third kappa shape index (κ3) is 3.60. The van der Waals surface area contributed by atoms with Gasteiger partial charge >= 0.3 is 0 Å². The maximum atomic E-state index is 13.2. The van der Waals surface area contributed by atoms with Gasteiger partial charge in [0, 0.05) is 11.3 Å². The highest BCUT2D eigenvalue weighted by Crippen LogP contribution is 2.44. The van der Waals surface area contributed by atoms with E-state index < -0.39 is 17.7 Å². The summed E-state index contributed by atoms with van der Waals surface area (Å²) in [7, 11) is 3.05. The molecule has 0 bridgehead atoms. The first kappa shape index (κ1) is 21.2. The van der Waals surface area contributed by atoms with Crippen LogP contribution < -0.4 is 14.4 Å². The lowest BCUT2D eigenvalue weighted by molar-refractivity contribution is -0.132. The molecule has 0 aromatic heterocycles. The zero-order chi connectivity index (χ0) is 22.8. The van der Waals surface area contributed by atoms with E-state index in [1.807, 2.05) is 31.2 Å². The van der Waals surface area contributed by atoms with E-state index >= 15 is 0 Å². The third-order valence-corrected chi connectivity index (χ3v) is 5.49. The van der Waals surface area contributed by atoms with Gasteiger partial charge in [0.05, 0.1) is 25.8 Å². The van der Waals surface area contributed by atoms with Gasteiger partial charge in [0.2, 0.25) is 0 Å². The van der Waals surface area contributed by atoms with Crippen molar-refractivity contribution in [3.63, 3.8) is 0 Å². The summed E-state index contributed by atoms with van der Waals surface area (Å²) in [6, 6.07) is 20.4. The molecule has 6 nitrogen and oxygen atoms in total. The summed E-state index contributed by atoms with van der Waals surface area (Å²) in [6.07, 6.45) is 0. The van der Waals surface area contributed by atoms with Gasteiger partial charge < -0.3 is 14.6 Å². The van der Waals surface area contributed by atoms with E-state index in [9.17, 15) is 14.7 Å². The lowest BCUT2D eigenvalue weighted by atomic mass is 9.94. The Morgan fingerprint density at radius 1 is 0.875 bits per heavy atom. The van der Waals surface area contributed by atoms with Crippen molar-refractivity contribution in [2.75, 3.05) is 19.1 Å². The van der Waals surface area contributed by atoms with Crippen LogP contribution in [0, 0.1) is 6.92 Å². The van der Waals surface area contributed by atoms with Gasteiger partial charge in [-0.25, -0.2) is 0 Å². The van der Waals surface area contributed by atoms with Gasteiger partial charge in [-0.3, -0.25) is 14.5 Å². The number of aliphatic hydroxyl groups is 1. The molecule has 1 heterocycles. The van der Waals surface area contributed by atoms with Crippen LogP contribution in [0.3, 0.4) is 0 Å². The first-order valence-electron chi connectivity index (χ1n) is 10.1. The highest BCUT2D eigenvalue weighted by Gasteiger charge is 2.47. The van der Waals surface area contributed by atoms with Crippen molar-refractivity contribution >= 4 is 23.1 Å². The van der Waals surface area contributed by atoms with Crippen LogP contribution in [0.4, 0.5) is 5.69 Å². The van der Waals surface area contributed by atoms with Crippen LogP contribution in [0.2, 0.25) is 0 Å². The number of ether oxygens (including phenoxy) is 2. The number of carbonyl (C=O) groups is 2. The normalized spacial score (nSPS) is 17.5. The van der Waals surface area contributed by atoms with Crippen LogP contribution in [0.5, 0.6) is 11.5 Å². The molecule has 32 heavy (non-hydrogen) atoms. The molecule has 1 saturated heterocycles. The molecule has 162 valence electrons. The van der Waals surface area contributed by atoms with E-state index in [4.69, 9.17) is 9.47 Å². The van der Waals surface area contributed by atoms with Gasteiger partial charge in [-0.05, 0) is 42.3 Å². The quantitative estimate of drug-likeness (QED) is 0.363. The Labute approximate surface area is 186 Å². The van der Waals surface area contributed by atoms with Crippen molar-refractivity contribution in [3.8, 4) is 11.5 Å². The highest BCUT2D eigenvalue weighted by molar-refractivity contribution is 6.51. The van der Waals surface area contributed by atoms with Crippen molar-refractivity contribution in [1.29, 1.82) is 0 Å². The molecule has 1 amide bonds. The van der Waals surface area contributed by atoms with Crippen molar-refractivity contribution in [2.45, 2.75) is 13.0 Å². The summed E-state index contributed by atoms with van der Waals surface area (Å²) >= 11 is 0. The summed E-state index contributed by atoms with van der Waals surface area (Å²) in [5, 5.41) is 11.1. The second-order valence-corrected chi connectivity index (χ2v) is 7.49. The first-order valence-corrected chi connectivity index (χ1v) is 10.1. The Kier molecular flexibility index (Phi) is 5.69. The number of benzene rings is 3. The summed E-state index contributed by atoms with van der Waals surface area (Å²) in [5.41, 5.74) is 2.61. The average molecular weight is 429 g/mol. The minimum atomic E-state index is -0.836. The number of ketones is 1. The van der Waals surface area contributed by atoms with Crippen molar-refractivity contribution in [3.05, 3.63) is 95.1 Å². The maximum absolute atomic E-state index is 13.2. The smallest absolute Gasteiger partial charge is 0.300 e. The van der Waals surface area contributed by atoms with Crippen LogP contribution >= 0.6 is 0 Å². The third-order valence-electron chi connectivity index (χ3n) is 5.49. The second-order valence-electron chi connectivity index (χ2n) is 7.49. The molecular weight excluding hydrogens is 406 g/mol. The van der Waals surface area contributed by atoms with Gasteiger partial charge in [0.25, 0.3) is 11.7 Å². The molecule has 1 fully saturated rings. The Morgan fingerprint density at radius 2 is 1.59 bits per heavy atom. The van der Waals surface area contributed by atoms with Crippen LogP contribution in [0.15, 0.2) is 78.4 Å². The zero-order valence-corrected chi connectivity index (χ0v) is 18.0. The molecule has 0 spiro atoms. The van der Waals surface area contributed by atoms with Crippen LogP contribution in [0.1, 0.15) is 22.7 Å². The topological polar surface area (TPSA) is 76.1 Å². The van der Waals surface area contributed by atoms with E-state index in [0.717, 1.165) is 5.56 Å². The summed E-state index contributed by atoms with van der Waals surface area (Å²) in [5.74, 6) is -0.689. The molecule has 0 radical (unpaired) electrons. The molecule has 1 aliphatic heterocycles. The van der Waals surface area contributed by atoms with Crippen LogP contribution in [0.25, 0.3) is 5.76 Å². The monoisotopic (exact) mass is 429 g/mol. The number of nitrogens with zero attached hydrogens (tertiary/aromatic N) is 1. The second kappa shape index (κ2) is 8.59. The SMILES string of the molecule is COc1ccc([C@@H]2C(=C(O)c3ccccc3)C(=O)C(=O)N2c2cccc(C)c2)cc1OC. The number of hydrogen-bond donors (Lipinski definition) is 1. The fourth-order valence-electron chi connectivity index (χ4n) is 3.97. The zero-order valence-electron chi connectivity index (χ0n) is 18.0. The standard InChI is InChI=1S/C26H23NO5/c1-16-8-7-11-19(14-16)27-23(18-12-13-20(31-2)21(15-18)32-3)22(25(29)26(27)30)24(28)17-9-5-4-6-10-17/h4-15,23,28H,1-3H3/t23-/m1/s1. The summed E-state index contributed by atoms with van der Waals surface area (Å²) in [4.78, 5) is 27.8. The number of aryl methyl sites for hydroxylation is 1. The maximum Gasteiger partial charge on any atom is 0.300 e. The lowest BCUT2D eigenvalue weighted by Gasteiger charge is -2.26. The van der Waals surface area contributed by atoms with Crippen molar-refractivity contribution in [1.82, 2.24) is 0 Å². The highest BCUT2D eigenvalue weighted by atomic mass is 16.5. The molecule has 0 saturated carbocycles. The van der Waals surface area contributed by atoms with Gasteiger partial charge in [0.15, 0.2) is 11.5 Å². The lowest BCUT2D eigenvalue weighted by Crippen LogP contribution is -2.29. The molecular formula is C26H23NO5. The van der Waals surface area contributed by atoms with E-state index in [1.54, 1.807) is 48.5 Å². The number of Topliss-reactive ketones (excluding diaryl/α,β-unsaturated/α-hetero) is 1. The fourth-order valence-corrected chi connectivity index (χ4v) is 3.97. The average Bonchev–Trinajstić information content (AvgIpc) is 3.09. The number of rotatable bonds is 5. The number of aliphatic hydroxyl groups excluding tert-OH is 1. The predicted molar refractivity (Wildman–Crippen MR) is 122 cm³/mol. The summed E-state index contributed by atoms with van der Waals surface area (Å²) < 4.78 is 10.8. The Bertz CT molecular complexity index is 1220. The van der Waals surface area contributed by atoms with E-state index in [-0.39, 0.29) is 11.3 Å². The van der Waals surface area contributed by atoms with E-state index in [0.29, 0.717) is 28.3 Å². The van der Waals surface area contributed by atoms with Crippen LogP contribution in [-0.2, 0) is 9.59 Å². The number of methoxy groups -OCH3 is 2. The number of carbonyl (C=O) groups excluding carboxylic acids is 2. The molecule has 0 aliphatic carbocycles. The Morgan fingerprint density at radius 3 is 2.25 bits per heavy atom. The number of amides is 1. The van der Waals surface area contributed by atoms with E-state index in [2.05, 4.69) is 0 Å². The van der Waals surface area contributed by atoms with Gasteiger partial charge in [-0.1, -0.05) is 48.5 Å². The van der Waals surface area contributed by atoms with Crippen LogP contribution in [-0.4, -0.2) is 31.0 Å². The first-order chi connectivity index (χ1) is 15.5. The Balaban J connectivity index is 1.97. The van der Waals surface area contributed by atoms with Gasteiger partial charge in [-0.2, -0.15) is 0 Å². The minimum Gasteiger partial charge on any atom is -0.507 e. The van der Waals surface area contributed by atoms with Crippen molar-refractivity contribution < 1.29 is 24.2 Å². The van der Waals surface area contributed by atoms with Gasteiger partial charge in [-0.15, -0.1) is 0 Å². The minimum absolute atomic E-state index is 0.0231. The molecule has 6 heteroatoms. The molecule has 1 N–H and O–H groups in total.